The lowest BCUT2D eigenvalue weighted by Gasteiger charge is -2.41. The van der Waals surface area contributed by atoms with Crippen molar-refractivity contribution in [3.05, 3.63) is 144 Å². The Morgan fingerprint density at radius 2 is 1.52 bits per heavy atom. The highest BCUT2D eigenvalue weighted by atomic mass is 16.6. The van der Waals surface area contributed by atoms with E-state index in [1.807, 2.05) is 84.9 Å². The van der Waals surface area contributed by atoms with Crippen molar-refractivity contribution in [2.24, 2.45) is 0 Å². The molecule has 1 saturated heterocycles. The number of carbonyl (C=O) groups is 1. The van der Waals surface area contributed by atoms with Gasteiger partial charge in [0.1, 0.15) is 30.2 Å². The lowest BCUT2D eigenvalue weighted by Crippen LogP contribution is -2.39. The van der Waals surface area contributed by atoms with Crippen molar-refractivity contribution in [2.75, 3.05) is 11.9 Å². The molecule has 4 aromatic carbocycles. The van der Waals surface area contributed by atoms with Gasteiger partial charge in [-0.3, -0.25) is 9.36 Å². The molecule has 10 heteroatoms. The van der Waals surface area contributed by atoms with Crippen LogP contribution < -0.4 is 10.1 Å². The molecule has 46 heavy (non-hydrogen) atoms. The van der Waals surface area contributed by atoms with Crippen LogP contribution in [0.5, 0.6) is 11.5 Å². The van der Waals surface area contributed by atoms with Crippen molar-refractivity contribution in [3.63, 3.8) is 0 Å². The first-order chi connectivity index (χ1) is 22.6. The Labute approximate surface area is 264 Å². The van der Waals surface area contributed by atoms with Crippen molar-refractivity contribution in [3.8, 4) is 11.5 Å². The summed E-state index contributed by atoms with van der Waals surface area (Å²) in [5.41, 5.74) is 3.06. The van der Waals surface area contributed by atoms with Crippen LogP contribution in [0.4, 0.5) is 5.82 Å². The van der Waals surface area contributed by atoms with Gasteiger partial charge in [0.25, 0.3) is 5.91 Å². The topological polar surface area (TPSA) is 121 Å². The Hall–Kier alpha value is -5.42. The van der Waals surface area contributed by atoms with Gasteiger partial charge in [-0.05, 0) is 29.8 Å². The lowest BCUT2D eigenvalue weighted by molar-refractivity contribution is -0.0948. The van der Waals surface area contributed by atoms with Gasteiger partial charge in [-0.15, -0.1) is 0 Å². The molecule has 1 fully saturated rings. The van der Waals surface area contributed by atoms with Crippen LogP contribution in [0.2, 0.25) is 0 Å². The van der Waals surface area contributed by atoms with Crippen LogP contribution in [-0.2, 0) is 15.1 Å². The number of hydrogen-bond donors (Lipinski definition) is 2. The Kier molecular flexibility index (Phi) is 7.02. The predicted octanol–water partition coefficient (Wildman–Crippen LogP) is 5.84. The zero-order chi connectivity index (χ0) is 31.1. The second kappa shape index (κ2) is 11.5. The number of para-hydroxylation sites is 2. The van der Waals surface area contributed by atoms with Gasteiger partial charge in [-0.1, -0.05) is 84.9 Å². The molecule has 2 aromatic heterocycles. The number of ether oxygens (including phenoxy) is 3. The quantitative estimate of drug-likeness (QED) is 0.231. The number of aliphatic hydroxyl groups is 1. The minimum atomic E-state index is -1.01. The fraction of sp³-hybridized carbons (Fsp3) is 0.167. The number of rotatable bonds is 7. The van der Waals surface area contributed by atoms with Crippen molar-refractivity contribution in [1.29, 1.82) is 0 Å². The molecule has 228 valence electrons. The molecule has 3 atom stereocenters. The van der Waals surface area contributed by atoms with Crippen LogP contribution in [0.3, 0.4) is 0 Å². The van der Waals surface area contributed by atoms with Crippen molar-refractivity contribution in [2.45, 2.75) is 30.5 Å². The number of carbonyl (C=O) groups excluding carboxylic acids is 1. The van der Waals surface area contributed by atoms with Crippen molar-refractivity contribution >= 4 is 22.9 Å². The number of aliphatic hydroxyl groups excluding tert-OH is 1. The maximum Gasteiger partial charge on any atom is 0.256 e. The normalized spacial score (nSPS) is 19.6. The van der Waals surface area contributed by atoms with Gasteiger partial charge in [-0.2, -0.15) is 0 Å². The van der Waals surface area contributed by atoms with E-state index in [-0.39, 0.29) is 18.3 Å². The van der Waals surface area contributed by atoms with Gasteiger partial charge < -0.3 is 24.6 Å². The van der Waals surface area contributed by atoms with E-state index >= 15 is 0 Å². The van der Waals surface area contributed by atoms with Crippen LogP contribution in [0.15, 0.2) is 122 Å². The zero-order valence-corrected chi connectivity index (χ0v) is 24.6. The van der Waals surface area contributed by atoms with E-state index in [4.69, 9.17) is 14.2 Å². The minimum Gasteiger partial charge on any atom is -0.457 e. The Bertz CT molecular complexity index is 1990. The fourth-order valence-corrected chi connectivity index (χ4v) is 6.35. The van der Waals surface area contributed by atoms with E-state index in [0.29, 0.717) is 34.6 Å². The van der Waals surface area contributed by atoms with Crippen LogP contribution >= 0.6 is 0 Å². The highest BCUT2D eigenvalue weighted by Gasteiger charge is 2.47. The van der Waals surface area contributed by atoms with E-state index in [2.05, 4.69) is 20.3 Å². The highest BCUT2D eigenvalue weighted by Crippen LogP contribution is 2.52. The monoisotopic (exact) mass is 611 g/mol. The first kappa shape index (κ1) is 28.1. The maximum atomic E-state index is 12.8. The first-order valence-electron chi connectivity index (χ1n) is 15.1. The summed E-state index contributed by atoms with van der Waals surface area (Å²) in [6.45, 7) is 0.0925. The first-order valence-corrected chi connectivity index (χ1v) is 15.1. The molecule has 4 heterocycles. The molecule has 2 aliphatic rings. The SMILES string of the molecule is O=C(Nc1ncnc2c1ncn2[C@H]1C[C@@H](O)[C@@H](COC2(c3ccccc3)c3ccccc3Oc3ccccc32)O1)c1ccccc1. The average molecular weight is 612 g/mol. The molecule has 0 bridgehead atoms. The lowest BCUT2D eigenvalue weighted by atomic mass is 9.77. The predicted molar refractivity (Wildman–Crippen MR) is 169 cm³/mol. The van der Waals surface area contributed by atoms with E-state index in [1.54, 1.807) is 35.2 Å². The summed E-state index contributed by atoms with van der Waals surface area (Å²) in [6, 6.07) is 34.6. The smallest absolute Gasteiger partial charge is 0.256 e. The molecule has 6 aromatic rings. The molecule has 2 aliphatic heterocycles. The molecular formula is C36H29N5O5. The van der Waals surface area contributed by atoms with E-state index < -0.39 is 24.0 Å². The Morgan fingerprint density at radius 1 is 0.870 bits per heavy atom. The summed E-state index contributed by atoms with van der Waals surface area (Å²) in [7, 11) is 0. The molecule has 2 N–H and O–H groups in total. The number of hydrogen-bond acceptors (Lipinski definition) is 8. The van der Waals surface area contributed by atoms with Gasteiger partial charge in [0.15, 0.2) is 22.6 Å². The van der Waals surface area contributed by atoms with E-state index in [9.17, 15) is 9.90 Å². The molecule has 0 saturated carbocycles. The minimum absolute atomic E-state index is 0.0925. The zero-order valence-electron chi connectivity index (χ0n) is 24.6. The third kappa shape index (κ3) is 4.71. The summed E-state index contributed by atoms with van der Waals surface area (Å²) in [5.74, 6) is 1.40. The highest BCUT2D eigenvalue weighted by molar-refractivity contribution is 6.06. The van der Waals surface area contributed by atoms with Crippen LogP contribution in [0.25, 0.3) is 11.2 Å². The third-order valence-electron chi connectivity index (χ3n) is 8.54. The molecule has 1 amide bonds. The number of nitrogens with one attached hydrogen (secondary N) is 1. The van der Waals surface area contributed by atoms with Gasteiger partial charge in [-0.25, -0.2) is 15.0 Å². The summed E-state index contributed by atoms with van der Waals surface area (Å²) in [5, 5.41) is 14.1. The average Bonchev–Trinajstić information content (AvgIpc) is 3.71. The summed E-state index contributed by atoms with van der Waals surface area (Å²) in [4.78, 5) is 26.0. The largest absolute Gasteiger partial charge is 0.457 e. The number of fused-ring (bicyclic) bond motifs is 3. The molecule has 0 radical (unpaired) electrons. The maximum absolute atomic E-state index is 12.8. The number of imidazole rings is 1. The van der Waals surface area contributed by atoms with Crippen LogP contribution in [0.1, 0.15) is 39.7 Å². The Morgan fingerprint density at radius 3 is 2.24 bits per heavy atom. The number of amides is 1. The summed E-state index contributed by atoms with van der Waals surface area (Å²) in [6.07, 6.45) is 1.22. The van der Waals surface area contributed by atoms with Crippen molar-refractivity contribution < 1.29 is 24.1 Å². The second-order valence-electron chi connectivity index (χ2n) is 11.3. The third-order valence-corrected chi connectivity index (χ3v) is 8.54. The van der Waals surface area contributed by atoms with Crippen molar-refractivity contribution in [1.82, 2.24) is 19.5 Å². The van der Waals surface area contributed by atoms with Gasteiger partial charge in [0.05, 0.1) is 19.0 Å². The number of anilines is 1. The molecule has 8 rings (SSSR count). The number of nitrogens with zero attached hydrogens (tertiary/aromatic N) is 4. The van der Waals surface area contributed by atoms with Gasteiger partial charge in [0, 0.05) is 23.1 Å². The second-order valence-corrected chi connectivity index (χ2v) is 11.3. The van der Waals surface area contributed by atoms with Gasteiger partial charge in [0.2, 0.25) is 0 Å². The van der Waals surface area contributed by atoms with Crippen LogP contribution in [-0.4, -0.2) is 49.3 Å². The standard InChI is InChI=1S/C36H29N5O5/c42-27-19-31(41-22-39-32-33(37-21-38-34(32)41)40-35(43)23-11-3-1-4-12-23)46-30(27)20-44-36(24-13-5-2-6-14-24)25-15-7-9-17-28(25)45-29-18-10-8-16-26(29)36/h1-18,21-22,27,30-31,42H,19-20H2,(H,37,38,40,43)/t27-,30-,31-/m1/s1. The molecule has 0 aliphatic carbocycles. The van der Waals surface area contributed by atoms with Crippen LogP contribution in [0, 0.1) is 0 Å². The van der Waals surface area contributed by atoms with E-state index in [0.717, 1.165) is 16.7 Å². The molecular weight excluding hydrogens is 582 g/mol. The number of aromatic nitrogens is 4. The molecule has 0 unspecified atom stereocenters. The number of benzene rings is 4. The summed E-state index contributed by atoms with van der Waals surface area (Å²) >= 11 is 0. The molecule has 0 spiro atoms. The Balaban J connectivity index is 1.08. The van der Waals surface area contributed by atoms with E-state index in [1.165, 1.54) is 6.33 Å². The summed E-state index contributed by atoms with van der Waals surface area (Å²) < 4.78 is 21.5. The fourth-order valence-electron chi connectivity index (χ4n) is 6.35. The molecule has 10 nitrogen and oxygen atoms in total. The van der Waals surface area contributed by atoms with Gasteiger partial charge >= 0.3 is 0 Å².